The molecule has 2 rings (SSSR count). The van der Waals surface area contributed by atoms with Gasteiger partial charge < -0.3 is 0 Å². The van der Waals surface area contributed by atoms with Crippen LogP contribution in [-0.2, 0) is 24.1 Å². The van der Waals surface area contributed by atoms with Crippen molar-refractivity contribution in [3.05, 3.63) is 34.9 Å². The van der Waals surface area contributed by atoms with Crippen molar-refractivity contribution in [2.24, 2.45) is 5.92 Å². The molecule has 0 spiro atoms. The van der Waals surface area contributed by atoms with Gasteiger partial charge in [-0.25, -0.2) is 0 Å². The van der Waals surface area contributed by atoms with Crippen molar-refractivity contribution in [1.29, 1.82) is 0 Å². The number of fused-ring (bicyclic) bond motifs is 1. The van der Waals surface area contributed by atoms with Gasteiger partial charge in [0.25, 0.3) is 0 Å². The molecule has 1 aromatic carbocycles. The molecule has 1 atom stereocenters. The van der Waals surface area contributed by atoms with Crippen LogP contribution in [0.4, 0.5) is 0 Å². The lowest BCUT2D eigenvalue weighted by Gasteiger charge is -2.08. The van der Waals surface area contributed by atoms with Crippen LogP contribution in [0.3, 0.4) is 0 Å². The van der Waals surface area contributed by atoms with Gasteiger partial charge in [0.2, 0.25) is 0 Å². The predicted octanol–water partition coefficient (Wildman–Crippen LogP) is 3.72. The minimum Gasteiger partial charge on any atom is -0.299 e. The zero-order valence-corrected chi connectivity index (χ0v) is 11.0. The number of rotatable bonds is 5. The van der Waals surface area contributed by atoms with E-state index in [1.807, 2.05) is 0 Å². The first kappa shape index (κ1) is 12.3. The SMILES string of the molecule is CCC(C)CC(=O)Cc1ccc2c(c1)CCC2. The van der Waals surface area contributed by atoms with Crippen LogP contribution in [0.1, 0.15) is 49.8 Å². The highest BCUT2D eigenvalue weighted by atomic mass is 16.1. The Morgan fingerprint density at radius 1 is 1.29 bits per heavy atom. The minimum absolute atomic E-state index is 0.386. The van der Waals surface area contributed by atoms with Crippen molar-refractivity contribution in [1.82, 2.24) is 0 Å². The molecule has 0 bridgehead atoms. The van der Waals surface area contributed by atoms with Gasteiger partial charge in [0.15, 0.2) is 0 Å². The number of benzene rings is 1. The average Bonchev–Trinajstić information content (AvgIpc) is 2.75. The molecular formula is C16H22O. The van der Waals surface area contributed by atoms with E-state index in [-0.39, 0.29) is 0 Å². The summed E-state index contributed by atoms with van der Waals surface area (Å²) in [5, 5.41) is 0. The highest BCUT2D eigenvalue weighted by Gasteiger charge is 2.13. The lowest BCUT2D eigenvalue weighted by Crippen LogP contribution is -2.08. The van der Waals surface area contributed by atoms with Gasteiger partial charge in [-0.2, -0.15) is 0 Å². The van der Waals surface area contributed by atoms with Gasteiger partial charge in [-0.05, 0) is 41.9 Å². The fourth-order valence-electron chi connectivity index (χ4n) is 2.57. The molecule has 0 aromatic heterocycles. The van der Waals surface area contributed by atoms with Crippen LogP contribution in [0.25, 0.3) is 0 Å². The molecule has 0 saturated carbocycles. The van der Waals surface area contributed by atoms with E-state index in [0.717, 1.165) is 12.8 Å². The van der Waals surface area contributed by atoms with E-state index in [2.05, 4.69) is 32.0 Å². The van der Waals surface area contributed by atoms with E-state index in [9.17, 15) is 4.79 Å². The topological polar surface area (TPSA) is 17.1 Å². The lowest BCUT2D eigenvalue weighted by atomic mass is 9.96. The van der Waals surface area contributed by atoms with Gasteiger partial charge in [-0.15, -0.1) is 0 Å². The maximum atomic E-state index is 11.9. The number of carbonyl (C=O) groups is 1. The van der Waals surface area contributed by atoms with Crippen molar-refractivity contribution in [2.45, 2.75) is 52.4 Å². The molecule has 0 fully saturated rings. The largest absolute Gasteiger partial charge is 0.299 e. The molecule has 0 amide bonds. The summed E-state index contributed by atoms with van der Waals surface area (Å²) >= 11 is 0. The molecule has 1 aliphatic carbocycles. The Bertz CT molecular complexity index is 406. The monoisotopic (exact) mass is 230 g/mol. The molecule has 92 valence electrons. The zero-order chi connectivity index (χ0) is 12.3. The van der Waals surface area contributed by atoms with E-state index in [1.165, 1.54) is 36.0 Å². The molecule has 0 aliphatic heterocycles. The molecule has 1 aliphatic rings. The summed E-state index contributed by atoms with van der Waals surface area (Å²) in [5.74, 6) is 0.911. The van der Waals surface area contributed by atoms with Gasteiger partial charge in [0, 0.05) is 12.8 Å². The summed E-state index contributed by atoms with van der Waals surface area (Å²) in [5.41, 5.74) is 4.17. The quantitative estimate of drug-likeness (QED) is 0.753. The first-order valence-corrected chi connectivity index (χ1v) is 6.81. The van der Waals surface area contributed by atoms with E-state index in [1.54, 1.807) is 0 Å². The molecule has 0 heterocycles. The standard InChI is InChI=1S/C16H22O/c1-3-12(2)9-16(17)11-13-7-8-14-5-4-6-15(14)10-13/h7-8,10,12H,3-6,9,11H2,1-2H3. The zero-order valence-electron chi connectivity index (χ0n) is 11.0. The fraction of sp³-hybridized carbons (Fsp3) is 0.562. The highest BCUT2D eigenvalue weighted by Crippen LogP contribution is 2.23. The Labute approximate surface area is 104 Å². The van der Waals surface area contributed by atoms with Crippen molar-refractivity contribution in [3.63, 3.8) is 0 Å². The number of hydrogen-bond acceptors (Lipinski definition) is 1. The summed E-state index contributed by atoms with van der Waals surface area (Å²) < 4.78 is 0. The van der Waals surface area contributed by atoms with Gasteiger partial charge in [-0.1, -0.05) is 38.5 Å². The van der Waals surface area contributed by atoms with Crippen LogP contribution in [-0.4, -0.2) is 5.78 Å². The molecule has 0 saturated heterocycles. The predicted molar refractivity (Wildman–Crippen MR) is 71.3 cm³/mol. The van der Waals surface area contributed by atoms with Gasteiger partial charge >= 0.3 is 0 Å². The smallest absolute Gasteiger partial charge is 0.137 e. The number of carbonyl (C=O) groups excluding carboxylic acids is 1. The Morgan fingerprint density at radius 3 is 2.82 bits per heavy atom. The minimum atomic E-state index is 0.386. The molecule has 0 radical (unpaired) electrons. The average molecular weight is 230 g/mol. The first-order valence-electron chi connectivity index (χ1n) is 6.81. The van der Waals surface area contributed by atoms with E-state index < -0.39 is 0 Å². The van der Waals surface area contributed by atoms with Crippen LogP contribution >= 0.6 is 0 Å². The molecular weight excluding hydrogens is 208 g/mol. The summed E-state index contributed by atoms with van der Waals surface area (Å²) in [4.78, 5) is 11.9. The summed E-state index contributed by atoms with van der Waals surface area (Å²) in [6.45, 7) is 4.30. The summed E-state index contributed by atoms with van der Waals surface area (Å²) in [7, 11) is 0. The number of ketones is 1. The second-order valence-electron chi connectivity index (χ2n) is 5.39. The lowest BCUT2D eigenvalue weighted by molar-refractivity contribution is -0.119. The third kappa shape index (κ3) is 3.18. The number of aryl methyl sites for hydroxylation is 2. The van der Waals surface area contributed by atoms with Gasteiger partial charge in [-0.3, -0.25) is 4.79 Å². The van der Waals surface area contributed by atoms with Crippen LogP contribution in [0.15, 0.2) is 18.2 Å². The van der Waals surface area contributed by atoms with E-state index in [0.29, 0.717) is 18.1 Å². The van der Waals surface area contributed by atoms with Crippen LogP contribution in [0.5, 0.6) is 0 Å². The Kier molecular flexibility index (Phi) is 3.98. The fourth-order valence-corrected chi connectivity index (χ4v) is 2.57. The summed E-state index contributed by atoms with van der Waals surface area (Å²) in [6.07, 6.45) is 6.14. The first-order chi connectivity index (χ1) is 8.19. The Morgan fingerprint density at radius 2 is 2.06 bits per heavy atom. The molecule has 17 heavy (non-hydrogen) atoms. The molecule has 1 aromatic rings. The van der Waals surface area contributed by atoms with E-state index in [4.69, 9.17) is 0 Å². The van der Waals surface area contributed by atoms with Crippen molar-refractivity contribution >= 4 is 5.78 Å². The maximum absolute atomic E-state index is 11.9. The third-order valence-corrected chi connectivity index (χ3v) is 3.84. The maximum Gasteiger partial charge on any atom is 0.137 e. The highest BCUT2D eigenvalue weighted by molar-refractivity contribution is 5.81. The van der Waals surface area contributed by atoms with Gasteiger partial charge in [0.1, 0.15) is 5.78 Å². The Hall–Kier alpha value is -1.11. The van der Waals surface area contributed by atoms with Crippen molar-refractivity contribution in [2.75, 3.05) is 0 Å². The second kappa shape index (κ2) is 5.48. The van der Waals surface area contributed by atoms with E-state index >= 15 is 0 Å². The second-order valence-corrected chi connectivity index (χ2v) is 5.39. The number of hydrogen-bond donors (Lipinski definition) is 0. The van der Waals surface area contributed by atoms with Crippen LogP contribution in [0, 0.1) is 5.92 Å². The molecule has 1 unspecified atom stereocenters. The van der Waals surface area contributed by atoms with Gasteiger partial charge in [0.05, 0.1) is 0 Å². The molecule has 1 heteroatoms. The normalized spacial score (nSPS) is 15.6. The molecule has 0 N–H and O–H groups in total. The van der Waals surface area contributed by atoms with Crippen molar-refractivity contribution < 1.29 is 4.79 Å². The third-order valence-electron chi connectivity index (χ3n) is 3.84. The number of Topliss-reactive ketones (excluding diaryl/α,β-unsaturated/α-hetero) is 1. The van der Waals surface area contributed by atoms with Crippen LogP contribution in [0.2, 0.25) is 0 Å². The Balaban J connectivity index is 1.97. The van der Waals surface area contributed by atoms with Crippen molar-refractivity contribution in [3.8, 4) is 0 Å². The summed E-state index contributed by atoms with van der Waals surface area (Å²) in [6, 6.07) is 6.60. The molecule has 1 nitrogen and oxygen atoms in total. The van der Waals surface area contributed by atoms with Crippen LogP contribution < -0.4 is 0 Å².